The van der Waals surface area contributed by atoms with Gasteiger partial charge in [-0.1, -0.05) is 30.7 Å². The average Bonchev–Trinajstić information content (AvgIpc) is 2.90. The van der Waals surface area contributed by atoms with Crippen LogP contribution < -0.4 is 5.32 Å². The van der Waals surface area contributed by atoms with E-state index in [0.29, 0.717) is 6.04 Å². The fourth-order valence-electron chi connectivity index (χ4n) is 2.84. The van der Waals surface area contributed by atoms with Crippen molar-refractivity contribution in [3.05, 3.63) is 50.4 Å². The molecule has 21 heavy (non-hydrogen) atoms. The Balaban J connectivity index is 1.76. The number of hydrogen-bond acceptors (Lipinski definition) is 3. The van der Waals surface area contributed by atoms with Crippen LogP contribution in [0.1, 0.15) is 53.4 Å². The largest absolute Gasteiger partial charge is 0.309 e. The van der Waals surface area contributed by atoms with Gasteiger partial charge in [-0.25, -0.2) is 4.98 Å². The van der Waals surface area contributed by atoms with E-state index in [4.69, 9.17) is 16.6 Å². The van der Waals surface area contributed by atoms with E-state index >= 15 is 0 Å². The van der Waals surface area contributed by atoms with Crippen molar-refractivity contribution in [3.8, 4) is 0 Å². The SMILES string of the molecule is CCCNC1CCCc2nc(Cc3ccc(Cl)cc3)sc21. The number of thiazole rings is 1. The number of halogens is 1. The summed E-state index contributed by atoms with van der Waals surface area (Å²) in [7, 11) is 0. The lowest BCUT2D eigenvalue weighted by molar-refractivity contribution is 0.464. The van der Waals surface area contributed by atoms with Gasteiger partial charge in [0, 0.05) is 22.4 Å². The summed E-state index contributed by atoms with van der Waals surface area (Å²) < 4.78 is 0. The van der Waals surface area contributed by atoms with Gasteiger partial charge in [0.05, 0.1) is 10.7 Å². The van der Waals surface area contributed by atoms with Crippen LogP contribution in [0.2, 0.25) is 5.02 Å². The number of benzene rings is 1. The highest BCUT2D eigenvalue weighted by Gasteiger charge is 2.23. The van der Waals surface area contributed by atoms with Gasteiger partial charge in [-0.05, 0) is 49.9 Å². The van der Waals surface area contributed by atoms with Gasteiger partial charge in [0.15, 0.2) is 0 Å². The van der Waals surface area contributed by atoms with Crippen LogP contribution in [-0.2, 0) is 12.8 Å². The highest BCUT2D eigenvalue weighted by Crippen LogP contribution is 2.34. The molecule has 1 aliphatic carbocycles. The molecule has 2 aromatic rings. The highest BCUT2D eigenvalue weighted by atomic mass is 35.5. The first-order valence-electron chi connectivity index (χ1n) is 7.72. The van der Waals surface area contributed by atoms with Crippen molar-refractivity contribution in [1.82, 2.24) is 10.3 Å². The van der Waals surface area contributed by atoms with E-state index in [-0.39, 0.29) is 0 Å². The lowest BCUT2D eigenvalue weighted by Gasteiger charge is -2.22. The molecule has 0 spiro atoms. The maximum Gasteiger partial charge on any atom is 0.0975 e. The summed E-state index contributed by atoms with van der Waals surface area (Å²) in [4.78, 5) is 6.34. The smallest absolute Gasteiger partial charge is 0.0975 e. The van der Waals surface area contributed by atoms with Crippen LogP contribution in [0.25, 0.3) is 0 Å². The Morgan fingerprint density at radius 1 is 1.33 bits per heavy atom. The highest BCUT2D eigenvalue weighted by molar-refractivity contribution is 7.11. The first-order valence-corrected chi connectivity index (χ1v) is 8.92. The Kier molecular flexibility index (Phi) is 4.94. The van der Waals surface area contributed by atoms with Gasteiger partial charge in [0.2, 0.25) is 0 Å². The molecule has 1 aromatic carbocycles. The minimum absolute atomic E-state index is 0.519. The fraction of sp³-hybridized carbons (Fsp3) is 0.471. The molecule has 1 aliphatic rings. The van der Waals surface area contributed by atoms with E-state index in [1.54, 1.807) is 0 Å². The first-order chi connectivity index (χ1) is 10.3. The van der Waals surface area contributed by atoms with Crippen molar-refractivity contribution in [2.75, 3.05) is 6.54 Å². The summed E-state index contributed by atoms with van der Waals surface area (Å²) in [5.74, 6) is 0. The van der Waals surface area contributed by atoms with Gasteiger partial charge < -0.3 is 5.32 Å². The molecule has 1 unspecified atom stereocenters. The van der Waals surface area contributed by atoms with Gasteiger partial charge in [0.1, 0.15) is 0 Å². The number of nitrogens with one attached hydrogen (secondary N) is 1. The molecule has 0 bridgehead atoms. The number of aromatic nitrogens is 1. The maximum atomic E-state index is 5.94. The second-order valence-corrected chi connectivity index (χ2v) is 7.17. The van der Waals surface area contributed by atoms with Gasteiger partial charge in [0.25, 0.3) is 0 Å². The quantitative estimate of drug-likeness (QED) is 0.858. The van der Waals surface area contributed by atoms with Crippen molar-refractivity contribution in [1.29, 1.82) is 0 Å². The normalized spacial score (nSPS) is 17.7. The second-order valence-electron chi connectivity index (χ2n) is 5.62. The van der Waals surface area contributed by atoms with E-state index < -0.39 is 0 Å². The maximum absolute atomic E-state index is 5.94. The number of fused-ring (bicyclic) bond motifs is 1. The zero-order chi connectivity index (χ0) is 14.7. The van der Waals surface area contributed by atoms with Crippen LogP contribution in [0.3, 0.4) is 0 Å². The van der Waals surface area contributed by atoms with E-state index in [1.165, 1.54) is 40.4 Å². The number of hydrogen-bond donors (Lipinski definition) is 1. The molecule has 1 aromatic heterocycles. The van der Waals surface area contributed by atoms with E-state index in [2.05, 4.69) is 24.4 Å². The van der Waals surface area contributed by atoms with E-state index in [1.807, 2.05) is 23.5 Å². The molecule has 4 heteroatoms. The number of aryl methyl sites for hydroxylation is 1. The van der Waals surface area contributed by atoms with Crippen LogP contribution >= 0.6 is 22.9 Å². The Bertz CT molecular complexity index is 591. The molecule has 3 rings (SSSR count). The molecule has 1 heterocycles. The third kappa shape index (κ3) is 3.65. The zero-order valence-electron chi connectivity index (χ0n) is 12.4. The third-order valence-corrected chi connectivity index (χ3v) is 5.37. The van der Waals surface area contributed by atoms with Crippen LogP contribution in [0, 0.1) is 0 Å². The van der Waals surface area contributed by atoms with Gasteiger partial charge in [-0.3, -0.25) is 0 Å². The molecule has 0 amide bonds. The molecule has 112 valence electrons. The van der Waals surface area contributed by atoms with Gasteiger partial charge >= 0.3 is 0 Å². The molecule has 1 N–H and O–H groups in total. The molecule has 0 saturated carbocycles. The Hall–Kier alpha value is -0.900. The number of rotatable bonds is 5. The van der Waals surface area contributed by atoms with Gasteiger partial charge in [-0.15, -0.1) is 11.3 Å². The summed E-state index contributed by atoms with van der Waals surface area (Å²) >= 11 is 7.83. The fourth-order valence-corrected chi connectivity index (χ4v) is 4.22. The van der Waals surface area contributed by atoms with Gasteiger partial charge in [-0.2, -0.15) is 0 Å². The van der Waals surface area contributed by atoms with Crippen LogP contribution in [0.15, 0.2) is 24.3 Å². The topological polar surface area (TPSA) is 24.9 Å². The minimum Gasteiger partial charge on any atom is -0.309 e. The third-order valence-electron chi connectivity index (χ3n) is 3.90. The summed E-state index contributed by atoms with van der Waals surface area (Å²) in [5, 5.41) is 5.69. The second kappa shape index (κ2) is 6.91. The molecule has 0 radical (unpaired) electrons. The molecular weight excluding hydrogens is 300 g/mol. The van der Waals surface area contributed by atoms with Crippen molar-refractivity contribution in [2.24, 2.45) is 0 Å². The van der Waals surface area contributed by atoms with Crippen LogP contribution in [0.4, 0.5) is 0 Å². The summed E-state index contributed by atoms with van der Waals surface area (Å²) in [5.41, 5.74) is 2.60. The molecule has 1 atom stereocenters. The standard InChI is InChI=1S/C17H21ClN2S/c1-2-10-19-14-4-3-5-15-17(14)21-16(20-15)11-12-6-8-13(18)9-7-12/h6-9,14,19H,2-5,10-11H2,1H3. The van der Waals surface area contributed by atoms with Crippen molar-refractivity contribution in [2.45, 2.75) is 45.1 Å². The van der Waals surface area contributed by atoms with E-state index in [0.717, 1.165) is 24.4 Å². The summed E-state index contributed by atoms with van der Waals surface area (Å²) in [6.07, 6.45) is 5.72. The lowest BCUT2D eigenvalue weighted by atomic mass is 9.98. The molecule has 0 fully saturated rings. The van der Waals surface area contributed by atoms with Crippen LogP contribution in [0.5, 0.6) is 0 Å². The predicted molar refractivity (Wildman–Crippen MR) is 90.3 cm³/mol. The number of nitrogens with zero attached hydrogens (tertiary/aromatic N) is 1. The predicted octanol–water partition coefficient (Wildman–Crippen LogP) is 4.76. The zero-order valence-corrected chi connectivity index (χ0v) is 13.9. The van der Waals surface area contributed by atoms with Crippen LogP contribution in [-0.4, -0.2) is 11.5 Å². The summed E-state index contributed by atoms with van der Waals surface area (Å²) in [6.45, 7) is 3.31. The molecule has 2 nitrogen and oxygen atoms in total. The molecular formula is C17H21ClN2S. The van der Waals surface area contributed by atoms with Crippen molar-refractivity contribution >= 4 is 22.9 Å². The Labute approximate surface area is 135 Å². The molecule has 0 aliphatic heterocycles. The Morgan fingerprint density at radius 3 is 2.90 bits per heavy atom. The van der Waals surface area contributed by atoms with E-state index in [9.17, 15) is 0 Å². The Morgan fingerprint density at radius 2 is 2.14 bits per heavy atom. The first kappa shape index (κ1) is 15.0. The minimum atomic E-state index is 0.519. The monoisotopic (exact) mass is 320 g/mol. The van der Waals surface area contributed by atoms with Crippen molar-refractivity contribution in [3.63, 3.8) is 0 Å². The lowest BCUT2D eigenvalue weighted by Crippen LogP contribution is -2.24. The summed E-state index contributed by atoms with van der Waals surface area (Å²) in [6, 6.07) is 8.61. The molecule has 0 saturated heterocycles. The average molecular weight is 321 g/mol. The van der Waals surface area contributed by atoms with Crippen molar-refractivity contribution < 1.29 is 0 Å².